The number of rotatable bonds is 7. The molecule has 0 amide bonds. The zero-order chi connectivity index (χ0) is 37.7. The third-order valence-corrected chi connectivity index (χ3v) is 11.1. The van der Waals surface area contributed by atoms with Gasteiger partial charge in [-0.05, 0) is 93.5 Å². The molecule has 0 atom stereocenters. The van der Waals surface area contributed by atoms with E-state index < -0.39 is 0 Å². The molecule has 2 heterocycles. The van der Waals surface area contributed by atoms with Gasteiger partial charge in [0.25, 0.3) is 0 Å². The van der Waals surface area contributed by atoms with Crippen LogP contribution in [0, 0.1) is 0 Å². The van der Waals surface area contributed by atoms with Crippen LogP contribution < -0.4 is 4.90 Å². The van der Waals surface area contributed by atoms with Gasteiger partial charge in [0.15, 0.2) is 5.58 Å². The Morgan fingerprint density at radius 3 is 1.51 bits per heavy atom. The van der Waals surface area contributed by atoms with E-state index >= 15 is 0 Å². The van der Waals surface area contributed by atoms with Crippen LogP contribution in [-0.2, 0) is 0 Å². The van der Waals surface area contributed by atoms with E-state index in [1.165, 1.54) is 0 Å². The highest BCUT2D eigenvalue weighted by Crippen LogP contribution is 2.49. The smallest absolute Gasteiger partial charge is 0.160 e. The quantitative estimate of drug-likeness (QED) is 0.164. The van der Waals surface area contributed by atoms with Gasteiger partial charge in [-0.3, -0.25) is 0 Å². The van der Waals surface area contributed by atoms with Gasteiger partial charge >= 0.3 is 0 Å². The maximum atomic E-state index is 6.92. The van der Waals surface area contributed by atoms with Crippen molar-refractivity contribution in [3.63, 3.8) is 0 Å². The minimum Gasteiger partial charge on any atom is -0.456 e. The molecular formula is C54H35NO2. The molecule has 57 heavy (non-hydrogen) atoms. The first-order valence-corrected chi connectivity index (χ1v) is 19.3. The number of nitrogens with zero attached hydrogens (tertiary/aromatic N) is 1. The minimum absolute atomic E-state index is 0.836. The second-order valence-electron chi connectivity index (χ2n) is 14.5. The van der Waals surface area contributed by atoms with Crippen molar-refractivity contribution in [3.05, 3.63) is 212 Å². The molecule has 0 unspecified atom stereocenters. The number of anilines is 3. The van der Waals surface area contributed by atoms with Gasteiger partial charge in [0, 0.05) is 38.5 Å². The lowest BCUT2D eigenvalue weighted by molar-refractivity contribution is 0.668. The van der Waals surface area contributed by atoms with E-state index in [0.29, 0.717) is 0 Å². The monoisotopic (exact) mass is 729 g/mol. The van der Waals surface area contributed by atoms with Gasteiger partial charge in [-0.1, -0.05) is 158 Å². The largest absolute Gasteiger partial charge is 0.456 e. The Morgan fingerprint density at radius 1 is 0.298 bits per heavy atom. The first-order chi connectivity index (χ1) is 28.3. The Balaban J connectivity index is 1.20. The summed E-state index contributed by atoms with van der Waals surface area (Å²) in [4.78, 5) is 2.39. The molecule has 0 saturated carbocycles. The standard InChI is InChI=1S/C54H35NO2/c1-4-15-36(16-5-1)40-33-41(37-17-6-2-7-18-37)35-43(34-40)55(42-29-27-39(28-30-42)44-23-14-26-51-52(44)48-22-11-13-25-50(48)56-51)53-45(38-19-8-3-9-20-38)31-32-47-46-21-10-12-24-49(46)57-54(47)53/h1-35H. The van der Waals surface area contributed by atoms with Gasteiger partial charge in [0.2, 0.25) is 0 Å². The fourth-order valence-corrected chi connectivity index (χ4v) is 8.39. The molecule has 0 spiro atoms. The van der Waals surface area contributed by atoms with Gasteiger partial charge in [0.1, 0.15) is 16.7 Å². The van der Waals surface area contributed by atoms with Crippen LogP contribution in [0.2, 0.25) is 0 Å². The zero-order valence-corrected chi connectivity index (χ0v) is 31.0. The fourth-order valence-electron chi connectivity index (χ4n) is 8.39. The number of fused-ring (bicyclic) bond motifs is 6. The number of furan rings is 2. The first kappa shape index (κ1) is 32.8. The van der Waals surface area contributed by atoms with E-state index in [9.17, 15) is 0 Å². The highest BCUT2D eigenvalue weighted by atomic mass is 16.3. The topological polar surface area (TPSA) is 29.5 Å². The number of hydrogen-bond acceptors (Lipinski definition) is 3. The lowest BCUT2D eigenvalue weighted by atomic mass is 9.95. The Kier molecular flexibility index (Phi) is 7.82. The highest BCUT2D eigenvalue weighted by Gasteiger charge is 2.25. The number of para-hydroxylation sites is 2. The van der Waals surface area contributed by atoms with Crippen LogP contribution in [0.25, 0.3) is 88.4 Å². The maximum Gasteiger partial charge on any atom is 0.160 e. The summed E-state index contributed by atoms with van der Waals surface area (Å²) in [5.41, 5.74) is 15.5. The van der Waals surface area contributed by atoms with Crippen molar-refractivity contribution < 1.29 is 8.83 Å². The second-order valence-corrected chi connectivity index (χ2v) is 14.5. The zero-order valence-electron chi connectivity index (χ0n) is 31.0. The van der Waals surface area contributed by atoms with E-state index in [0.717, 1.165) is 105 Å². The van der Waals surface area contributed by atoms with Gasteiger partial charge in [-0.25, -0.2) is 0 Å². The van der Waals surface area contributed by atoms with Crippen LogP contribution in [0.4, 0.5) is 17.1 Å². The van der Waals surface area contributed by atoms with E-state index in [2.05, 4.69) is 199 Å². The Morgan fingerprint density at radius 2 is 0.842 bits per heavy atom. The lowest BCUT2D eigenvalue weighted by Gasteiger charge is -2.29. The van der Waals surface area contributed by atoms with Crippen LogP contribution in [0.1, 0.15) is 0 Å². The van der Waals surface area contributed by atoms with E-state index in [1.807, 2.05) is 18.2 Å². The maximum absolute atomic E-state index is 6.92. The molecule has 0 aliphatic carbocycles. The Bertz CT molecular complexity index is 3160. The molecular weight excluding hydrogens is 695 g/mol. The van der Waals surface area contributed by atoms with Crippen LogP contribution >= 0.6 is 0 Å². The molecule has 0 aliphatic rings. The summed E-state index contributed by atoms with van der Waals surface area (Å²) in [6, 6.07) is 75.2. The normalized spacial score (nSPS) is 11.5. The predicted molar refractivity (Wildman–Crippen MR) is 237 cm³/mol. The van der Waals surface area contributed by atoms with Crippen molar-refractivity contribution in [1.29, 1.82) is 0 Å². The summed E-state index contributed by atoms with van der Waals surface area (Å²) in [5.74, 6) is 0. The number of benzene rings is 9. The first-order valence-electron chi connectivity index (χ1n) is 19.3. The summed E-state index contributed by atoms with van der Waals surface area (Å²) < 4.78 is 13.2. The van der Waals surface area contributed by atoms with Gasteiger partial charge < -0.3 is 13.7 Å². The van der Waals surface area contributed by atoms with Crippen molar-refractivity contribution >= 4 is 60.9 Å². The summed E-state index contributed by atoms with van der Waals surface area (Å²) in [6.45, 7) is 0. The average molecular weight is 730 g/mol. The van der Waals surface area contributed by atoms with Crippen molar-refractivity contribution in [3.8, 4) is 44.5 Å². The molecule has 9 aromatic carbocycles. The molecule has 0 bridgehead atoms. The molecule has 3 nitrogen and oxygen atoms in total. The average Bonchev–Trinajstić information content (AvgIpc) is 3.87. The summed E-state index contributed by atoms with van der Waals surface area (Å²) in [6.07, 6.45) is 0. The summed E-state index contributed by atoms with van der Waals surface area (Å²) in [7, 11) is 0. The van der Waals surface area contributed by atoms with Crippen molar-refractivity contribution in [2.75, 3.05) is 4.90 Å². The van der Waals surface area contributed by atoms with Crippen LogP contribution in [0.3, 0.4) is 0 Å². The third-order valence-electron chi connectivity index (χ3n) is 11.1. The molecule has 0 fully saturated rings. The van der Waals surface area contributed by atoms with Crippen molar-refractivity contribution in [2.24, 2.45) is 0 Å². The van der Waals surface area contributed by atoms with Crippen LogP contribution in [-0.4, -0.2) is 0 Å². The van der Waals surface area contributed by atoms with Gasteiger partial charge in [-0.15, -0.1) is 0 Å². The second kappa shape index (κ2) is 13.6. The summed E-state index contributed by atoms with van der Waals surface area (Å²) in [5, 5.41) is 4.40. The van der Waals surface area contributed by atoms with E-state index in [4.69, 9.17) is 8.83 Å². The molecule has 268 valence electrons. The molecule has 0 N–H and O–H groups in total. The molecule has 0 aliphatic heterocycles. The van der Waals surface area contributed by atoms with E-state index in [1.54, 1.807) is 0 Å². The van der Waals surface area contributed by atoms with E-state index in [-0.39, 0.29) is 0 Å². The molecule has 0 saturated heterocycles. The van der Waals surface area contributed by atoms with Gasteiger partial charge in [-0.2, -0.15) is 0 Å². The van der Waals surface area contributed by atoms with Gasteiger partial charge in [0.05, 0.1) is 5.69 Å². The molecule has 11 rings (SSSR count). The predicted octanol–water partition coefficient (Wildman–Crippen LogP) is 15.6. The molecule has 11 aromatic rings. The molecule has 2 aromatic heterocycles. The molecule has 0 radical (unpaired) electrons. The van der Waals surface area contributed by atoms with Crippen molar-refractivity contribution in [2.45, 2.75) is 0 Å². The Labute approximate surface area is 330 Å². The van der Waals surface area contributed by atoms with Crippen LogP contribution in [0.15, 0.2) is 221 Å². The Hall–Kier alpha value is -7.62. The lowest BCUT2D eigenvalue weighted by Crippen LogP contribution is -2.12. The SMILES string of the molecule is c1ccc(-c2cc(-c3ccccc3)cc(N(c3ccc(-c4cccc5oc6ccccc6c45)cc3)c3c(-c4ccccc4)ccc4c3oc3ccccc34)c2)cc1. The minimum atomic E-state index is 0.836. The van der Waals surface area contributed by atoms with Crippen LogP contribution in [0.5, 0.6) is 0 Å². The highest BCUT2D eigenvalue weighted by molar-refractivity contribution is 6.15. The number of hydrogen-bond donors (Lipinski definition) is 0. The molecule has 3 heteroatoms. The fraction of sp³-hybridized carbons (Fsp3) is 0. The summed E-state index contributed by atoms with van der Waals surface area (Å²) >= 11 is 0. The third kappa shape index (κ3) is 5.68. The van der Waals surface area contributed by atoms with Crippen molar-refractivity contribution in [1.82, 2.24) is 0 Å².